The Balaban J connectivity index is 1.75. The fraction of sp³-hybridized carbons (Fsp3) is 0.294. The lowest BCUT2D eigenvalue weighted by atomic mass is 10.2. The molecule has 26 heavy (non-hydrogen) atoms. The van der Waals surface area contributed by atoms with Gasteiger partial charge in [-0.1, -0.05) is 58.5 Å². The van der Waals surface area contributed by atoms with E-state index in [-0.39, 0.29) is 31.8 Å². The Morgan fingerprint density at radius 3 is 2.31 bits per heavy atom. The van der Waals surface area contributed by atoms with Crippen molar-refractivity contribution in [1.82, 2.24) is 9.88 Å². The summed E-state index contributed by atoms with van der Waals surface area (Å²) < 4.78 is 5.40. The van der Waals surface area contributed by atoms with Gasteiger partial charge in [0.1, 0.15) is 16.6 Å². The number of carbonyl (C=O) groups is 1. The van der Waals surface area contributed by atoms with Crippen molar-refractivity contribution < 1.29 is 9.53 Å². The Hall–Kier alpha value is -1.40. The van der Waals surface area contributed by atoms with Crippen molar-refractivity contribution in [3.8, 4) is 5.75 Å². The molecule has 1 aromatic carbocycles. The van der Waals surface area contributed by atoms with Gasteiger partial charge < -0.3 is 14.5 Å². The molecular formula is C17H15Cl4N3O2. The third-order valence-electron chi connectivity index (χ3n) is 4.18. The van der Waals surface area contributed by atoms with Gasteiger partial charge in [-0.2, -0.15) is 0 Å². The summed E-state index contributed by atoms with van der Waals surface area (Å²) in [5.74, 6) is 0.475. The highest BCUT2D eigenvalue weighted by Crippen LogP contribution is 2.36. The van der Waals surface area contributed by atoms with Gasteiger partial charge in [0, 0.05) is 26.2 Å². The molecule has 1 aliphatic heterocycles. The van der Waals surface area contributed by atoms with E-state index in [0.717, 1.165) is 11.4 Å². The van der Waals surface area contributed by atoms with Gasteiger partial charge in [-0.3, -0.25) is 4.79 Å². The summed E-state index contributed by atoms with van der Waals surface area (Å²) in [5, 5.41) is 0.0375. The lowest BCUT2D eigenvalue weighted by molar-refractivity contribution is 0.0741. The number of methoxy groups -OCH3 is 1. The Labute approximate surface area is 171 Å². The second kappa shape index (κ2) is 8.09. The third kappa shape index (κ3) is 3.67. The summed E-state index contributed by atoms with van der Waals surface area (Å²) in [6.07, 6.45) is 0. The maximum Gasteiger partial charge on any atom is 0.274 e. The van der Waals surface area contributed by atoms with Crippen LogP contribution in [-0.2, 0) is 0 Å². The zero-order valence-electron chi connectivity index (χ0n) is 13.8. The molecule has 0 radical (unpaired) electrons. The number of nitrogens with zero attached hydrogens (tertiary/aromatic N) is 3. The van der Waals surface area contributed by atoms with Crippen LogP contribution in [0.5, 0.6) is 5.75 Å². The molecule has 0 spiro atoms. The lowest BCUT2D eigenvalue weighted by Gasteiger charge is -2.36. The predicted molar refractivity (Wildman–Crippen MR) is 105 cm³/mol. The van der Waals surface area contributed by atoms with E-state index in [2.05, 4.69) is 9.88 Å². The molecule has 0 N–H and O–H groups in total. The molecule has 0 bridgehead atoms. The van der Waals surface area contributed by atoms with Crippen LogP contribution in [0.1, 0.15) is 10.5 Å². The van der Waals surface area contributed by atoms with Crippen LogP contribution in [0.15, 0.2) is 24.3 Å². The maximum atomic E-state index is 12.8. The highest BCUT2D eigenvalue weighted by atomic mass is 35.5. The SMILES string of the molecule is COc1ccccc1N1CCN(C(=O)c2nc(Cl)c(Cl)c(Cl)c2Cl)CC1. The van der Waals surface area contributed by atoms with E-state index in [9.17, 15) is 4.79 Å². The summed E-state index contributed by atoms with van der Waals surface area (Å²) in [4.78, 5) is 20.6. The number of hydrogen-bond donors (Lipinski definition) is 0. The zero-order chi connectivity index (χ0) is 18.8. The minimum atomic E-state index is -0.324. The quantitative estimate of drug-likeness (QED) is 0.658. The molecule has 1 fully saturated rings. The molecule has 0 saturated carbocycles. The Kier molecular flexibility index (Phi) is 6.03. The summed E-state index contributed by atoms with van der Waals surface area (Å²) in [7, 11) is 1.64. The van der Waals surface area contributed by atoms with Gasteiger partial charge in [0.2, 0.25) is 0 Å². The molecule has 0 aliphatic carbocycles. The number of ether oxygens (including phenoxy) is 1. The van der Waals surface area contributed by atoms with E-state index in [1.807, 2.05) is 24.3 Å². The van der Waals surface area contributed by atoms with Crippen LogP contribution in [-0.4, -0.2) is 49.1 Å². The number of anilines is 1. The number of carbonyl (C=O) groups excluding carboxylic acids is 1. The summed E-state index contributed by atoms with van der Waals surface area (Å²) >= 11 is 24.0. The van der Waals surface area contributed by atoms with Gasteiger partial charge in [-0.25, -0.2) is 4.98 Å². The van der Waals surface area contributed by atoms with Crippen LogP contribution in [0.4, 0.5) is 5.69 Å². The molecule has 5 nitrogen and oxygen atoms in total. The minimum Gasteiger partial charge on any atom is -0.495 e. The van der Waals surface area contributed by atoms with Crippen LogP contribution in [0, 0.1) is 0 Å². The fourth-order valence-electron chi connectivity index (χ4n) is 2.82. The molecule has 1 saturated heterocycles. The first-order valence-corrected chi connectivity index (χ1v) is 9.32. The maximum absolute atomic E-state index is 12.8. The van der Waals surface area contributed by atoms with E-state index < -0.39 is 0 Å². The molecular weight excluding hydrogens is 420 g/mol. The monoisotopic (exact) mass is 433 g/mol. The predicted octanol–water partition coefficient (Wildman–Crippen LogP) is 4.67. The number of aromatic nitrogens is 1. The smallest absolute Gasteiger partial charge is 0.274 e. The van der Waals surface area contributed by atoms with E-state index in [1.54, 1.807) is 12.0 Å². The zero-order valence-corrected chi connectivity index (χ0v) is 16.8. The first kappa shape index (κ1) is 19.4. The van der Waals surface area contributed by atoms with Gasteiger partial charge in [-0.15, -0.1) is 0 Å². The normalized spacial score (nSPS) is 14.5. The van der Waals surface area contributed by atoms with Gasteiger partial charge in [0.15, 0.2) is 0 Å². The van der Waals surface area contributed by atoms with Crippen molar-refractivity contribution >= 4 is 58.0 Å². The molecule has 2 aromatic rings. The van der Waals surface area contributed by atoms with Crippen molar-refractivity contribution in [1.29, 1.82) is 0 Å². The molecule has 0 atom stereocenters. The second-order valence-corrected chi connectivity index (χ2v) is 7.14. The average Bonchev–Trinajstić information content (AvgIpc) is 2.68. The first-order chi connectivity index (χ1) is 12.4. The van der Waals surface area contributed by atoms with Crippen molar-refractivity contribution in [2.75, 3.05) is 38.2 Å². The van der Waals surface area contributed by atoms with Gasteiger partial charge in [0.05, 0.1) is 27.9 Å². The van der Waals surface area contributed by atoms with Crippen molar-refractivity contribution in [3.05, 3.63) is 50.2 Å². The van der Waals surface area contributed by atoms with E-state index >= 15 is 0 Å². The van der Waals surface area contributed by atoms with Gasteiger partial charge >= 0.3 is 0 Å². The van der Waals surface area contributed by atoms with Crippen molar-refractivity contribution in [2.24, 2.45) is 0 Å². The fourth-order valence-corrected chi connectivity index (χ4v) is 3.63. The second-order valence-electron chi connectivity index (χ2n) is 5.64. The number of pyridine rings is 1. The molecule has 2 heterocycles. The molecule has 1 amide bonds. The number of halogens is 4. The third-order valence-corrected chi connectivity index (χ3v) is 5.86. The molecule has 1 aromatic heterocycles. The van der Waals surface area contributed by atoms with E-state index in [1.165, 1.54) is 0 Å². The largest absolute Gasteiger partial charge is 0.495 e. The number of hydrogen-bond acceptors (Lipinski definition) is 4. The van der Waals surface area contributed by atoms with E-state index in [4.69, 9.17) is 51.1 Å². The van der Waals surface area contributed by atoms with Crippen molar-refractivity contribution in [3.63, 3.8) is 0 Å². The minimum absolute atomic E-state index is 0.0109. The molecule has 1 aliphatic rings. The molecule has 9 heteroatoms. The lowest BCUT2D eigenvalue weighted by Crippen LogP contribution is -2.49. The van der Waals surface area contributed by atoms with Gasteiger partial charge in [0.25, 0.3) is 5.91 Å². The number of amides is 1. The van der Waals surface area contributed by atoms with Crippen LogP contribution in [0.2, 0.25) is 20.2 Å². The Morgan fingerprint density at radius 1 is 1.00 bits per heavy atom. The number of rotatable bonds is 3. The summed E-state index contributed by atoms with van der Waals surface area (Å²) in [6, 6.07) is 7.78. The summed E-state index contributed by atoms with van der Waals surface area (Å²) in [6.45, 7) is 2.32. The summed E-state index contributed by atoms with van der Waals surface area (Å²) in [5.41, 5.74) is 1.01. The van der Waals surface area contributed by atoms with Crippen LogP contribution < -0.4 is 9.64 Å². The van der Waals surface area contributed by atoms with Gasteiger partial charge in [-0.05, 0) is 12.1 Å². The highest BCUT2D eigenvalue weighted by molar-refractivity contribution is 6.52. The highest BCUT2D eigenvalue weighted by Gasteiger charge is 2.28. The number of piperazine rings is 1. The van der Waals surface area contributed by atoms with Crippen molar-refractivity contribution in [2.45, 2.75) is 0 Å². The molecule has 3 rings (SSSR count). The molecule has 0 unspecified atom stereocenters. The average molecular weight is 435 g/mol. The molecule has 138 valence electrons. The Bertz CT molecular complexity index is 839. The standard InChI is InChI=1S/C17H15Cl4N3O2/c1-26-11-5-3-2-4-10(11)23-6-8-24(9-7-23)17(25)15-13(19)12(18)14(20)16(21)22-15/h2-5H,6-9H2,1H3. The Morgan fingerprint density at radius 2 is 1.65 bits per heavy atom. The number of para-hydroxylation sites is 2. The van der Waals surface area contributed by atoms with Crippen LogP contribution >= 0.6 is 46.4 Å². The van der Waals surface area contributed by atoms with E-state index in [0.29, 0.717) is 26.2 Å². The topological polar surface area (TPSA) is 45.7 Å². The van der Waals surface area contributed by atoms with Crippen LogP contribution in [0.3, 0.4) is 0 Å². The first-order valence-electron chi connectivity index (χ1n) is 7.81. The number of benzene rings is 1. The van der Waals surface area contributed by atoms with Crippen LogP contribution in [0.25, 0.3) is 0 Å².